The van der Waals surface area contributed by atoms with Gasteiger partial charge in [-0.15, -0.1) is 0 Å². The molecule has 0 radical (unpaired) electrons. The van der Waals surface area contributed by atoms with E-state index in [9.17, 15) is 4.79 Å². The van der Waals surface area contributed by atoms with Crippen LogP contribution < -0.4 is 14.8 Å². The highest BCUT2D eigenvalue weighted by Gasteiger charge is 2.45. The molecule has 2 aromatic rings. The monoisotopic (exact) mass is 343 g/mol. The summed E-state index contributed by atoms with van der Waals surface area (Å²) in [6.07, 6.45) is 2.82. The molecule has 1 N–H and O–H groups in total. The lowest BCUT2D eigenvalue weighted by Gasteiger charge is -2.40. The number of rotatable bonds is 4. The first kappa shape index (κ1) is 15.3. The predicted molar refractivity (Wildman–Crippen MR) is 91.4 cm³/mol. The molecule has 0 unspecified atom stereocenters. The summed E-state index contributed by atoms with van der Waals surface area (Å²) in [6, 6.07) is 13.4. The topological polar surface area (TPSA) is 47.6 Å². The van der Waals surface area contributed by atoms with Crippen LogP contribution in [0.1, 0.15) is 30.4 Å². The van der Waals surface area contributed by atoms with Gasteiger partial charge in [0.2, 0.25) is 12.7 Å². The Morgan fingerprint density at radius 3 is 2.54 bits per heavy atom. The smallest absolute Gasteiger partial charge is 0.231 e. The van der Waals surface area contributed by atoms with Gasteiger partial charge in [-0.3, -0.25) is 4.79 Å². The molecule has 1 saturated carbocycles. The van der Waals surface area contributed by atoms with Crippen LogP contribution in [0.5, 0.6) is 11.5 Å². The van der Waals surface area contributed by atoms with E-state index in [-0.39, 0.29) is 12.7 Å². The number of benzene rings is 2. The molecule has 2 aliphatic rings. The van der Waals surface area contributed by atoms with Crippen LogP contribution in [-0.4, -0.2) is 12.7 Å². The molecule has 4 rings (SSSR count). The van der Waals surface area contributed by atoms with Gasteiger partial charge in [-0.1, -0.05) is 36.2 Å². The van der Waals surface area contributed by atoms with Gasteiger partial charge in [0.1, 0.15) is 0 Å². The van der Waals surface area contributed by atoms with Crippen molar-refractivity contribution >= 4 is 17.5 Å². The molecule has 0 saturated heterocycles. The van der Waals surface area contributed by atoms with E-state index in [1.807, 2.05) is 42.5 Å². The van der Waals surface area contributed by atoms with Crippen LogP contribution in [-0.2, 0) is 16.8 Å². The van der Waals surface area contributed by atoms with Crippen LogP contribution in [0, 0.1) is 0 Å². The highest BCUT2D eigenvalue weighted by atomic mass is 35.5. The lowest BCUT2D eigenvalue weighted by molar-refractivity contribution is -0.130. The zero-order chi connectivity index (χ0) is 16.6. The third kappa shape index (κ3) is 2.61. The van der Waals surface area contributed by atoms with Crippen LogP contribution in [0.3, 0.4) is 0 Å². The molecule has 0 spiro atoms. The van der Waals surface area contributed by atoms with Gasteiger partial charge in [0.15, 0.2) is 11.5 Å². The molecular weight excluding hydrogens is 326 g/mol. The van der Waals surface area contributed by atoms with Crippen molar-refractivity contribution in [2.75, 3.05) is 6.79 Å². The Morgan fingerprint density at radius 2 is 1.83 bits per heavy atom. The van der Waals surface area contributed by atoms with Gasteiger partial charge < -0.3 is 14.8 Å². The Balaban J connectivity index is 1.47. The van der Waals surface area contributed by atoms with Crippen LogP contribution in [0.25, 0.3) is 0 Å². The lowest BCUT2D eigenvalue weighted by atomic mass is 9.64. The second-order valence-electron chi connectivity index (χ2n) is 6.31. The van der Waals surface area contributed by atoms with Crippen LogP contribution in [0.2, 0.25) is 5.02 Å². The number of hydrogen-bond donors (Lipinski definition) is 1. The first-order valence-electron chi connectivity index (χ1n) is 8.10. The summed E-state index contributed by atoms with van der Waals surface area (Å²) < 4.78 is 10.7. The summed E-state index contributed by atoms with van der Waals surface area (Å²) in [6.45, 7) is 0.732. The first-order chi connectivity index (χ1) is 11.7. The summed E-state index contributed by atoms with van der Waals surface area (Å²) in [4.78, 5) is 12.8. The van der Waals surface area contributed by atoms with Gasteiger partial charge in [-0.2, -0.15) is 0 Å². The fourth-order valence-electron chi connectivity index (χ4n) is 3.35. The molecule has 24 heavy (non-hydrogen) atoms. The maximum Gasteiger partial charge on any atom is 0.231 e. The number of carbonyl (C=O) groups excluding carboxylic acids is 1. The zero-order valence-electron chi connectivity index (χ0n) is 13.2. The molecule has 1 aliphatic carbocycles. The third-order valence-corrected chi connectivity index (χ3v) is 5.18. The molecule has 1 fully saturated rings. The van der Waals surface area contributed by atoms with Crippen molar-refractivity contribution in [3.05, 3.63) is 58.6 Å². The molecule has 2 aromatic carbocycles. The van der Waals surface area contributed by atoms with E-state index in [2.05, 4.69) is 5.32 Å². The maximum absolute atomic E-state index is 12.8. The fraction of sp³-hybridized carbons (Fsp3) is 0.316. The van der Waals surface area contributed by atoms with E-state index in [1.54, 1.807) is 0 Å². The minimum absolute atomic E-state index is 0.0775. The molecule has 0 aromatic heterocycles. The average Bonchev–Trinajstić information content (AvgIpc) is 3.01. The second-order valence-corrected chi connectivity index (χ2v) is 6.75. The number of hydrogen-bond acceptors (Lipinski definition) is 3. The summed E-state index contributed by atoms with van der Waals surface area (Å²) in [7, 11) is 0. The molecule has 0 atom stereocenters. The van der Waals surface area contributed by atoms with E-state index in [1.165, 1.54) is 0 Å². The fourth-order valence-corrected chi connectivity index (χ4v) is 3.47. The van der Waals surface area contributed by atoms with E-state index < -0.39 is 5.41 Å². The Bertz CT molecular complexity index is 769. The lowest BCUT2D eigenvalue weighted by Crippen LogP contribution is -2.48. The number of fused-ring (bicyclic) bond motifs is 1. The average molecular weight is 344 g/mol. The predicted octanol–water partition coefficient (Wildman–Crippen LogP) is 3.81. The van der Waals surface area contributed by atoms with Crippen LogP contribution in [0.15, 0.2) is 42.5 Å². The Morgan fingerprint density at radius 1 is 1.08 bits per heavy atom. The van der Waals surface area contributed by atoms with Gasteiger partial charge in [-0.05, 0) is 48.2 Å². The molecule has 0 bridgehead atoms. The van der Waals surface area contributed by atoms with Crippen molar-refractivity contribution in [1.29, 1.82) is 0 Å². The van der Waals surface area contributed by atoms with Crippen molar-refractivity contribution < 1.29 is 14.3 Å². The molecule has 1 amide bonds. The quantitative estimate of drug-likeness (QED) is 0.918. The molecule has 1 heterocycles. The highest BCUT2D eigenvalue weighted by molar-refractivity contribution is 6.30. The van der Waals surface area contributed by atoms with Gasteiger partial charge in [0.25, 0.3) is 0 Å². The largest absolute Gasteiger partial charge is 0.454 e. The van der Waals surface area contributed by atoms with Gasteiger partial charge in [0.05, 0.1) is 5.41 Å². The molecule has 124 valence electrons. The number of ether oxygens (including phenoxy) is 2. The van der Waals surface area contributed by atoms with Crippen molar-refractivity contribution in [2.24, 2.45) is 0 Å². The van der Waals surface area contributed by atoms with Gasteiger partial charge >= 0.3 is 0 Å². The Kier molecular flexibility index (Phi) is 3.85. The van der Waals surface area contributed by atoms with E-state index in [0.29, 0.717) is 11.6 Å². The number of nitrogens with one attached hydrogen (secondary N) is 1. The van der Waals surface area contributed by atoms with E-state index in [0.717, 1.165) is 41.9 Å². The summed E-state index contributed by atoms with van der Waals surface area (Å²) >= 11 is 5.97. The van der Waals surface area contributed by atoms with Crippen molar-refractivity contribution in [2.45, 2.75) is 31.2 Å². The summed E-state index contributed by atoms with van der Waals surface area (Å²) in [5.41, 5.74) is 1.63. The van der Waals surface area contributed by atoms with Crippen LogP contribution >= 0.6 is 11.6 Å². The molecule has 5 heteroatoms. The zero-order valence-corrected chi connectivity index (χ0v) is 13.9. The SMILES string of the molecule is O=C(NCc1ccc2c(c1)OCO2)C1(c2ccc(Cl)cc2)CCC1. The normalized spacial score (nSPS) is 17.2. The van der Waals surface area contributed by atoms with Gasteiger partial charge in [-0.25, -0.2) is 0 Å². The standard InChI is InChI=1S/C19H18ClNO3/c20-15-5-3-14(4-6-15)19(8-1-9-19)18(22)21-11-13-2-7-16-17(10-13)24-12-23-16/h2-7,10H,1,8-9,11-12H2,(H,21,22). The summed E-state index contributed by atoms with van der Waals surface area (Å²) in [5.74, 6) is 1.56. The second kappa shape index (κ2) is 6.02. The van der Waals surface area contributed by atoms with Crippen molar-refractivity contribution in [1.82, 2.24) is 5.32 Å². The number of amides is 1. The molecule has 1 aliphatic heterocycles. The summed E-state index contributed by atoms with van der Waals surface area (Å²) in [5, 5.41) is 3.77. The highest BCUT2D eigenvalue weighted by Crippen LogP contribution is 2.44. The minimum Gasteiger partial charge on any atom is -0.454 e. The molecule has 4 nitrogen and oxygen atoms in total. The Hall–Kier alpha value is -2.20. The van der Waals surface area contributed by atoms with E-state index in [4.69, 9.17) is 21.1 Å². The van der Waals surface area contributed by atoms with Crippen molar-refractivity contribution in [3.63, 3.8) is 0 Å². The molecular formula is C19H18ClNO3. The third-order valence-electron chi connectivity index (χ3n) is 4.93. The number of carbonyl (C=O) groups is 1. The maximum atomic E-state index is 12.8. The minimum atomic E-state index is -0.416. The number of halogens is 1. The first-order valence-corrected chi connectivity index (χ1v) is 8.48. The van der Waals surface area contributed by atoms with Gasteiger partial charge in [0, 0.05) is 11.6 Å². The van der Waals surface area contributed by atoms with E-state index >= 15 is 0 Å². The van der Waals surface area contributed by atoms with Crippen LogP contribution in [0.4, 0.5) is 0 Å². The Labute approximate surface area is 145 Å². The van der Waals surface area contributed by atoms with Crippen molar-refractivity contribution in [3.8, 4) is 11.5 Å².